The molecule has 1 N–H and O–H groups in total. The van der Waals surface area contributed by atoms with E-state index in [4.69, 9.17) is 0 Å². The van der Waals surface area contributed by atoms with E-state index in [1.807, 2.05) is 0 Å². The summed E-state index contributed by atoms with van der Waals surface area (Å²) >= 11 is 2.10. The molecular weight excluding hydrogens is 269 g/mol. The van der Waals surface area contributed by atoms with Crippen molar-refractivity contribution in [3.8, 4) is 0 Å². The van der Waals surface area contributed by atoms with Crippen molar-refractivity contribution in [2.24, 2.45) is 5.18 Å². The normalized spacial score (nSPS) is 10.4. The van der Waals surface area contributed by atoms with Gasteiger partial charge in [-0.2, -0.15) is 5.10 Å². The second-order valence-electron chi connectivity index (χ2n) is 2.34. The number of nitrogens with one attached hydrogen (secondary N) is 1. The second kappa shape index (κ2) is 2.81. The minimum absolute atomic E-state index is 0.432. The van der Waals surface area contributed by atoms with Crippen LogP contribution < -0.4 is 0 Å². The smallest absolute Gasteiger partial charge is 0.131 e. The number of aromatic amines is 1. The summed E-state index contributed by atoms with van der Waals surface area (Å²) in [6.07, 6.45) is 0. The van der Waals surface area contributed by atoms with Crippen molar-refractivity contribution in [2.75, 3.05) is 0 Å². The van der Waals surface area contributed by atoms with E-state index in [0.29, 0.717) is 5.69 Å². The third-order valence-corrected chi connectivity index (χ3v) is 2.43. The summed E-state index contributed by atoms with van der Waals surface area (Å²) < 4.78 is 0.855. The molecule has 0 radical (unpaired) electrons. The van der Waals surface area contributed by atoms with Crippen molar-refractivity contribution in [3.63, 3.8) is 0 Å². The van der Waals surface area contributed by atoms with Crippen LogP contribution >= 0.6 is 22.6 Å². The Morgan fingerprint density at radius 3 is 3.08 bits per heavy atom. The predicted octanol–water partition coefficient (Wildman–Crippen LogP) is 2.57. The van der Waals surface area contributed by atoms with Crippen LogP contribution in [0.15, 0.2) is 23.4 Å². The highest BCUT2D eigenvalue weighted by molar-refractivity contribution is 14.1. The van der Waals surface area contributed by atoms with E-state index >= 15 is 0 Å². The Hall–Kier alpha value is -0.980. The summed E-state index contributed by atoms with van der Waals surface area (Å²) in [5.74, 6) is 0. The van der Waals surface area contributed by atoms with Gasteiger partial charge in [-0.15, -0.1) is 4.91 Å². The van der Waals surface area contributed by atoms with Crippen LogP contribution in [0.25, 0.3) is 10.9 Å². The number of hydrogen-bond acceptors (Lipinski definition) is 3. The van der Waals surface area contributed by atoms with Gasteiger partial charge in [0, 0.05) is 5.39 Å². The summed E-state index contributed by atoms with van der Waals surface area (Å²) in [4.78, 5) is 10.2. The fourth-order valence-electron chi connectivity index (χ4n) is 1.03. The largest absolute Gasteiger partial charge is 0.277 e. The van der Waals surface area contributed by atoms with Gasteiger partial charge in [0.2, 0.25) is 0 Å². The summed E-state index contributed by atoms with van der Waals surface area (Å²) in [5, 5.41) is 10.6. The van der Waals surface area contributed by atoms with E-state index in [-0.39, 0.29) is 0 Å². The Labute approximate surface area is 81.5 Å². The van der Waals surface area contributed by atoms with Gasteiger partial charge in [-0.3, -0.25) is 5.10 Å². The van der Waals surface area contributed by atoms with Crippen LogP contribution in [0, 0.1) is 8.61 Å². The Bertz CT molecular complexity index is 437. The third kappa shape index (κ3) is 1.09. The first-order chi connectivity index (χ1) is 5.81. The number of H-pyrrole nitrogens is 1. The van der Waals surface area contributed by atoms with E-state index in [0.717, 1.165) is 14.6 Å². The highest BCUT2D eigenvalue weighted by atomic mass is 127. The van der Waals surface area contributed by atoms with Gasteiger partial charge >= 0.3 is 0 Å². The maximum atomic E-state index is 10.2. The SMILES string of the molecule is O=Nc1ccc2[nH]nc(I)c2c1. The Balaban J connectivity index is 2.79. The zero-order chi connectivity index (χ0) is 8.55. The highest BCUT2D eigenvalue weighted by Crippen LogP contribution is 2.22. The quantitative estimate of drug-likeness (QED) is 0.641. The summed E-state index contributed by atoms with van der Waals surface area (Å²) in [7, 11) is 0. The zero-order valence-corrected chi connectivity index (χ0v) is 8.07. The van der Waals surface area contributed by atoms with Crippen molar-refractivity contribution in [1.29, 1.82) is 0 Å². The minimum atomic E-state index is 0.432. The number of nitroso groups, excluding NO2 is 1. The van der Waals surface area contributed by atoms with Gasteiger partial charge in [0.05, 0.1) is 5.52 Å². The fourth-order valence-corrected chi connectivity index (χ4v) is 1.59. The van der Waals surface area contributed by atoms with E-state index in [1.54, 1.807) is 18.2 Å². The molecule has 1 aromatic carbocycles. The lowest BCUT2D eigenvalue weighted by Crippen LogP contribution is -1.68. The molecule has 0 atom stereocenters. The molecule has 0 amide bonds. The molecule has 0 spiro atoms. The maximum Gasteiger partial charge on any atom is 0.131 e. The van der Waals surface area contributed by atoms with Gasteiger partial charge < -0.3 is 0 Å². The van der Waals surface area contributed by atoms with Gasteiger partial charge in [0.15, 0.2) is 0 Å². The molecule has 2 rings (SSSR count). The minimum Gasteiger partial charge on any atom is -0.277 e. The number of halogens is 1. The average Bonchev–Trinajstić information content (AvgIpc) is 2.47. The van der Waals surface area contributed by atoms with Gasteiger partial charge in [0.25, 0.3) is 0 Å². The third-order valence-electron chi connectivity index (χ3n) is 1.61. The van der Waals surface area contributed by atoms with Crippen LogP contribution in [0.3, 0.4) is 0 Å². The first-order valence-electron chi connectivity index (χ1n) is 3.28. The molecule has 4 nitrogen and oxygen atoms in total. The Kier molecular flexibility index (Phi) is 1.80. The molecule has 1 heterocycles. The summed E-state index contributed by atoms with van der Waals surface area (Å²) in [5.41, 5.74) is 1.36. The van der Waals surface area contributed by atoms with Crippen LogP contribution in [0.2, 0.25) is 0 Å². The van der Waals surface area contributed by atoms with Crippen LogP contribution in [0.1, 0.15) is 0 Å². The van der Waals surface area contributed by atoms with Gasteiger partial charge in [-0.25, -0.2) is 0 Å². The predicted molar refractivity (Wildman–Crippen MR) is 54.3 cm³/mol. The van der Waals surface area contributed by atoms with Crippen molar-refractivity contribution in [1.82, 2.24) is 10.2 Å². The number of hydrogen-bond donors (Lipinski definition) is 1. The van der Waals surface area contributed by atoms with Crippen molar-refractivity contribution in [3.05, 3.63) is 26.8 Å². The lowest BCUT2D eigenvalue weighted by Gasteiger charge is -1.88. The van der Waals surface area contributed by atoms with Crippen molar-refractivity contribution in [2.45, 2.75) is 0 Å². The molecule has 1 aromatic heterocycles. The molecular formula is C7H4IN3O. The Morgan fingerprint density at radius 1 is 1.50 bits per heavy atom. The standard InChI is InChI=1S/C7H4IN3O/c8-7-5-3-4(11-12)1-2-6(5)9-10-7/h1-3H,(H,9,10). The van der Waals surface area contributed by atoms with E-state index in [1.165, 1.54) is 0 Å². The van der Waals surface area contributed by atoms with Gasteiger partial charge in [0.1, 0.15) is 9.39 Å². The highest BCUT2D eigenvalue weighted by Gasteiger charge is 2.02. The lowest BCUT2D eigenvalue weighted by atomic mass is 10.2. The number of fused-ring (bicyclic) bond motifs is 1. The summed E-state index contributed by atoms with van der Waals surface area (Å²) in [6, 6.07) is 5.17. The average molecular weight is 273 g/mol. The van der Waals surface area contributed by atoms with Crippen molar-refractivity contribution < 1.29 is 0 Å². The maximum absolute atomic E-state index is 10.2. The lowest BCUT2D eigenvalue weighted by molar-refractivity contribution is 1.09. The topological polar surface area (TPSA) is 58.1 Å². The first-order valence-corrected chi connectivity index (χ1v) is 4.36. The fraction of sp³-hybridized carbons (Fsp3) is 0. The molecule has 0 aliphatic carbocycles. The Morgan fingerprint density at radius 2 is 2.33 bits per heavy atom. The van der Waals surface area contributed by atoms with Crippen LogP contribution in [-0.2, 0) is 0 Å². The van der Waals surface area contributed by atoms with Crippen LogP contribution in [-0.4, -0.2) is 10.2 Å². The molecule has 2 aromatic rings. The summed E-state index contributed by atoms with van der Waals surface area (Å²) in [6.45, 7) is 0. The van der Waals surface area contributed by atoms with E-state index < -0.39 is 0 Å². The monoisotopic (exact) mass is 273 g/mol. The number of aromatic nitrogens is 2. The van der Waals surface area contributed by atoms with E-state index in [9.17, 15) is 4.91 Å². The molecule has 60 valence electrons. The van der Waals surface area contributed by atoms with E-state index in [2.05, 4.69) is 38.0 Å². The van der Waals surface area contributed by atoms with Gasteiger partial charge in [-0.05, 0) is 46.0 Å². The molecule has 0 saturated carbocycles. The first kappa shape index (κ1) is 7.66. The number of nitrogens with zero attached hydrogens (tertiary/aromatic N) is 2. The molecule has 5 heteroatoms. The van der Waals surface area contributed by atoms with Crippen molar-refractivity contribution >= 4 is 39.2 Å². The molecule has 12 heavy (non-hydrogen) atoms. The second-order valence-corrected chi connectivity index (χ2v) is 3.36. The molecule has 0 unspecified atom stereocenters. The number of rotatable bonds is 1. The van der Waals surface area contributed by atoms with Crippen LogP contribution in [0.5, 0.6) is 0 Å². The zero-order valence-electron chi connectivity index (χ0n) is 5.91. The number of benzene rings is 1. The molecule has 0 bridgehead atoms. The van der Waals surface area contributed by atoms with Gasteiger partial charge in [-0.1, -0.05) is 0 Å². The van der Waals surface area contributed by atoms with Crippen LogP contribution in [0.4, 0.5) is 5.69 Å². The molecule has 0 fully saturated rings. The molecule has 0 aliphatic rings. The molecule has 0 saturated heterocycles. The molecule has 0 aliphatic heterocycles.